The van der Waals surface area contributed by atoms with Crippen LogP contribution in [0.3, 0.4) is 0 Å². The van der Waals surface area contributed by atoms with E-state index in [9.17, 15) is 4.79 Å². The molecular formula is C16H12N4O. The average Bonchev–Trinajstić information content (AvgIpc) is 2.94. The predicted molar refractivity (Wildman–Crippen MR) is 81.3 cm³/mol. The molecule has 21 heavy (non-hydrogen) atoms. The smallest absolute Gasteiger partial charge is 0.271 e. The molecule has 102 valence electrons. The fourth-order valence-corrected chi connectivity index (χ4v) is 2.42. The maximum Gasteiger partial charge on any atom is 0.281 e. The Labute approximate surface area is 119 Å². The van der Waals surface area contributed by atoms with Crippen molar-refractivity contribution in [3.8, 4) is 11.4 Å². The number of rotatable bonds is 1. The van der Waals surface area contributed by atoms with Crippen LogP contribution in [0.2, 0.25) is 0 Å². The highest BCUT2D eigenvalue weighted by atomic mass is 16.1. The van der Waals surface area contributed by atoms with Gasteiger partial charge in [-0.1, -0.05) is 42.0 Å². The van der Waals surface area contributed by atoms with Crippen molar-refractivity contribution in [3.05, 3.63) is 64.4 Å². The molecule has 0 radical (unpaired) electrons. The monoisotopic (exact) mass is 276 g/mol. The molecule has 2 aromatic heterocycles. The first-order valence-electron chi connectivity index (χ1n) is 6.67. The van der Waals surface area contributed by atoms with E-state index in [1.54, 1.807) is 0 Å². The van der Waals surface area contributed by atoms with E-state index in [1.807, 2.05) is 55.5 Å². The standard InChI is InChI=1S/C16H12N4O/c1-10-7-8-13-12(9-10)15(21)20-16(17-13)18-14(19-20)11-5-3-2-4-6-11/h2-9H,1H3,(H,17,18,19). The normalized spacial score (nSPS) is 11.3. The van der Waals surface area contributed by atoms with Gasteiger partial charge in [-0.25, -0.2) is 4.98 Å². The lowest BCUT2D eigenvalue weighted by atomic mass is 10.2. The van der Waals surface area contributed by atoms with Crippen LogP contribution in [0.25, 0.3) is 28.1 Å². The molecule has 4 rings (SSSR count). The molecule has 1 N–H and O–H groups in total. The largest absolute Gasteiger partial charge is 0.281 e. The third kappa shape index (κ3) is 1.82. The lowest BCUT2D eigenvalue weighted by Gasteiger charge is -1.98. The van der Waals surface area contributed by atoms with Gasteiger partial charge in [-0.15, -0.1) is 0 Å². The maximum absolute atomic E-state index is 12.5. The first-order chi connectivity index (χ1) is 10.2. The summed E-state index contributed by atoms with van der Waals surface area (Å²) >= 11 is 0. The van der Waals surface area contributed by atoms with Crippen LogP contribution in [-0.4, -0.2) is 19.6 Å². The highest BCUT2D eigenvalue weighted by Crippen LogP contribution is 2.16. The number of hydrogen-bond acceptors (Lipinski definition) is 3. The molecule has 0 spiro atoms. The summed E-state index contributed by atoms with van der Waals surface area (Å²) in [7, 11) is 0. The number of nitrogens with one attached hydrogen (secondary N) is 1. The van der Waals surface area contributed by atoms with E-state index in [4.69, 9.17) is 0 Å². The molecule has 0 unspecified atom stereocenters. The zero-order chi connectivity index (χ0) is 14.4. The van der Waals surface area contributed by atoms with Gasteiger partial charge in [-0.05, 0) is 19.1 Å². The Balaban J connectivity index is 2.06. The van der Waals surface area contributed by atoms with E-state index in [2.05, 4.69) is 15.1 Å². The zero-order valence-corrected chi connectivity index (χ0v) is 11.4. The van der Waals surface area contributed by atoms with Crippen molar-refractivity contribution >= 4 is 16.7 Å². The molecule has 0 aliphatic carbocycles. The van der Waals surface area contributed by atoms with Crippen LogP contribution in [0.1, 0.15) is 5.56 Å². The van der Waals surface area contributed by atoms with Gasteiger partial charge < -0.3 is 0 Å². The van der Waals surface area contributed by atoms with Crippen molar-refractivity contribution < 1.29 is 0 Å². The van der Waals surface area contributed by atoms with Gasteiger partial charge in [0.05, 0.1) is 10.9 Å². The quantitative estimate of drug-likeness (QED) is 0.581. The minimum absolute atomic E-state index is 0.131. The fourth-order valence-electron chi connectivity index (χ4n) is 2.42. The third-order valence-electron chi connectivity index (χ3n) is 3.48. The summed E-state index contributed by atoms with van der Waals surface area (Å²) in [5.74, 6) is 1.02. The highest BCUT2D eigenvalue weighted by molar-refractivity contribution is 5.80. The molecular weight excluding hydrogens is 264 g/mol. The molecule has 2 aromatic carbocycles. The summed E-state index contributed by atoms with van der Waals surface area (Å²) in [4.78, 5) is 21.4. The van der Waals surface area contributed by atoms with Gasteiger partial charge in [0.2, 0.25) is 0 Å². The molecule has 5 heteroatoms. The number of aryl methyl sites for hydroxylation is 1. The summed E-state index contributed by atoms with van der Waals surface area (Å²) < 4.78 is 1.39. The minimum Gasteiger partial charge on any atom is -0.271 e. The second-order valence-electron chi connectivity index (χ2n) is 5.01. The van der Waals surface area contributed by atoms with Crippen molar-refractivity contribution in [2.75, 3.05) is 0 Å². The topological polar surface area (TPSA) is 63.1 Å². The Hall–Kier alpha value is -2.95. The van der Waals surface area contributed by atoms with Gasteiger partial charge in [0, 0.05) is 5.56 Å². The first-order valence-corrected chi connectivity index (χ1v) is 6.67. The van der Waals surface area contributed by atoms with Crippen molar-refractivity contribution in [2.24, 2.45) is 0 Å². The number of aromatic amines is 1. The van der Waals surface area contributed by atoms with Gasteiger partial charge in [0.1, 0.15) is 0 Å². The molecule has 5 nitrogen and oxygen atoms in total. The van der Waals surface area contributed by atoms with Crippen molar-refractivity contribution in [1.82, 2.24) is 19.6 Å². The number of benzene rings is 2. The Morgan fingerprint density at radius 3 is 2.67 bits per heavy atom. The molecule has 2 heterocycles. The predicted octanol–water partition coefficient (Wildman–Crippen LogP) is 2.55. The Morgan fingerprint density at radius 2 is 1.86 bits per heavy atom. The number of hydrogen-bond donors (Lipinski definition) is 1. The van der Waals surface area contributed by atoms with Gasteiger partial charge in [0.15, 0.2) is 5.82 Å². The lowest BCUT2D eigenvalue weighted by molar-refractivity contribution is 0.918. The van der Waals surface area contributed by atoms with Crippen molar-refractivity contribution in [1.29, 1.82) is 0 Å². The van der Waals surface area contributed by atoms with Crippen molar-refractivity contribution in [3.63, 3.8) is 0 Å². The summed E-state index contributed by atoms with van der Waals surface area (Å²) in [5.41, 5.74) is 2.48. The maximum atomic E-state index is 12.5. The van der Waals surface area contributed by atoms with E-state index >= 15 is 0 Å². The molecule has 0 saturated heterocycles. The Morgan fingerprint density at radius 1 is 1.05 bits per heavy atom. The van der Waals surface area contributed by atoms with Gasteiger partial charge in [-0.3, -0.25) is 9.89 Å². The first kappa shape index (κ1) is 11.8. The average molecular weight is 276 g/mol. The molecule has 0 saturated carbocycles. The van der Waals surface area contributed by atoms with Crippen molar-refractivity contribution in [2.45, 2.75) is 6.92 Å². The van der Waals surface area contributed by atoms with Gasteiger partial charge >= 0.3 is 0 Å². The molecule has 0 atom stereocenters. The Bertz CT molecular complexity index is 1010. The van der Waals surface area contributed by atoms with E-state index in [0.29, 0.717) is 22.5 Å². The summed E-state index contributed by atoms with van der Waals surface area (Å²) in [6.07, 6.45) is 0. The van der Waals surface area contributed by atoms with Crippen LogP contribution in [-0.2, 0) is 0 Å². The van der Waals surface area contributed by atoms with E-state index in [0.717, 1.165) is 11.1 Å². The van der Waals surface area contributed by atoms with Gasteiger partial charge in [-0.2, -0.15) is 9.50 Å². The van der Waals surface area contributed by atoms with E-state index in [-0.39, 0.29) is 5.56 Å². The summed E-state index contributed by atoms with van der Waals surface area (Å²) in [6.45, 7) is 1.95. The lowest BCUT2D eigenvalue weighted by Crippen LogP contribution is -2.15. The Kier molecular flexibility index (Phi) is 2.41. The SMILES string of the molecule is Cc1ccc2nc3nc(-c4ccccc4)[nH]n3c(=O)c2c1. The molecule has 4 aromatic rings. The summed E-state index contributed by atoms with van der Waals surface area (Å²) in [5, 5.41) is 3.62. The van der Waals surface area contributed by atoms with Gasteiger partial charge in [0.25, 0.3) is 11.3 Å². The number of H-pyrrole nitrogens is 1. The van der Waals surface area contributed by atoms with Crippen LogP contribution < -0.4 is 5.56 Å². The number of fused-ring (bicyclic) bond motifs is 2. The second-order valence-corrected chi connectivity index (χ2v) is 5.01. The minimum atomic E-state index is -0.131. The van der Waals surface area contributed by atoms with Crippen LogP contribution >= 0.6 is 0 Å². The molecule has 0 bridgehead atoms. The highest BCUT2D eigenvalue weighted by Gasteiger charge is 2.10. The summed E-state index contributed by atoms with van der Waals surface area (Å²) in [6, 6.07) is 15.3. The van der Waals surface area contributed by atoms with Crippen LogP contribution in [0, 0.1) is 6.92 Å². The van der Waals surface area contributed by atoms with Crippen LogP contribution in [0.15, 0.2) is 53.3 Å². The molecule has 0 fully saturated rings. The zero-order valence-electron chi connectivity index (χ0n) is 11.4. The fraction of sp³-hybridized carbons (Fsp3) is 0.0625. The van der Waals surface area contributed by atoms with E-state index in [1.165, 1.54) is 4.52 Å². The van der Waals surface area contributed by atoms with Crippen LogP contribution in [0.5, 0.6) is 0 Å². The number of nitrogens with zero attached hydrogens (tertiary/aromatic N) is 3. The molecule has 0 amide bonds. The number of aromatic nitrogens is 4. The molecule has 0 aliphatic rings. The second kappa shape index (κ2) is 4.28. The third-order valence-corrected chi connectivity index (χ3v) is 3.48. The van der Waals surface area contributed by atoms with E-state index < -0.39 is 0 Å². The van der Waals surface area contributed by atoms with Crippen LogP contribution in [0.4, 0.5) is 0 Å². The molecule has 0 aliphatic heterocycles.